The first-order valence-electron chi connectivity index (χ1n) is 6.91. The molecular weight excluding hydrogens is 214 g/mol. The highest BCUT2D eigenvalue weighted by Gasteiger charge is 2.32. The van der Waals surface area contributed by atoms with Gasteiger partial charge in [-0.15, -0.1) is 0 Å². The van der Waals surface area contributed by atoms with Crippen LogP contribution in [-0.2, 0) is 4.74 Å². The van der Waals surface area contributed by atoms with E-state index in [1.807, 2.05) is 7.11 Å². The second-order valence-electron chi connectivity index (χ2n) is 5.56. The first-order chi connectivity index (χ1) is 8.24. The van der Waals surface area contributed by atoms with Gasteiger partial charge in [-0.1, -0.05) is 0 Å². The molecule has 2 rings (SSSR count). The minimum atomic E-state index is 0.495. The zero-order valence-corrected chi connectivity index (χ0v) is 11.3. The molecule has 2 aliphatic rings. The molecule has 4 heteroatoms. The zero-order valence-electron chi connectivity index (χ0n) is 11.3. The predicted octanol–water partition coefficient (Wildman–Crippen LogP) is 0.519. The van der Waals surface area contributed by atoms with Crippen LogP contribution in [0.15, 0.2) is 0 Å². The first-order valence-corrected chi connectivity index (χ1v) is 6.91. The Hall–Kier alpha value is -0.160. The number of methoxy groups -OCH3 is 1. The number of hydrogen-bond donors (Lipinski definition) is 1. The van der Waals surface area contributed by atoms with Gasteiger partial charge in [0.1, 0.15) is 0 Å². The molecular formula is C13H27N3O. The Kier molecular flexibility index (Phi) is 4.79. The maximum absolute atomic E-state index is 5.92. The third-order valence-corrected chi connectivity index (χ3v) is 4.45. The fourth-order valence-corrected chi connectivity index (χ4v) is 3.33. The minimum Gasteiger partial charge on any atom is -0.381 e. The van der Waals surface area contributed by atoms with Crippen LogP contribution in [-0.4, -0.2) is 68.3 Å². The van der Waals surface area contributed by atoms with Gasteiger partial charge in [-0.3, -0.25) is 4.90 Å². The fraction of sp³-hybridized carbons (Fsp3) is 1.00. The molecule has 1 atom stereocenters. The lowest BCUT2D eigenvalue weighted by Crippen LogP contribution is -2.58. The van der Waals surface area contributed by atoms with Crippen LogP contribution in [0, 0.1) is 0 Å². The van der Waals surface area contributed by atoms with E-state index in [2.05, 4.69) is 16.8 Å². The Balaban J connectivity index is 1.88. The van der Waals surface area contributed by atoms with Gasteiger partial charge in [0.15, 0.2) is 0 Å². The van der Waals surface area contributed by atoms with Gasteiger partial charge in [0.2, 0.25) is 0 Å². The van der Waals surface area contributed by atoms with Gasteiger partial charge in [-0.2, -0.15) is 0 Å². The maximum Gasteiger partial charge on any atom is 0.0572 e. The number of hydrogen-bond acceptors (Lipinski definition) is 4. The molecule has 1 heterocycles. The number of piperazine rings is 1. The Labute approximate surface area is 105 Å². The van der Waals surface area contributed by atoms with Crippen molar-refractivity contribution in [1.29, 1.82) is 0 Å². The van der Waals surface area contributed by atoms with Crippen LogP contribution >= 0.6 is 0 Å². The van der Waals surface area contributed by atoms with Gasteiger partial charge in [0.25, 0.3) is 0 Å². The standard InChI is InChI=1S/C13H27N3O/c1-15-7-8-16(12(9-14)10-15)11-3-5-13(17-2)6-4-11/h11-13H,3-10,14H2,1-2H3. The van der Waals surface area contributed by atoms with E-state index >= 15 is 0 Å². The Morgan fingerprint density at radius 2 is 1.88 bits per heavy atom. The van der Waals surface area contributed by atoms with Gasteiger partial charge in [0, 0.05) is 45.4 Å². The molecule has 0 radical (unpaired) electrons. The molecule has 0 aromatic carbocycles. The van der Waals surface area contributed by atoms with Crippen molar-refractivity contribution in [1.82, 2.24) is 9.80 Å². The van der Waals surface area contributed by atoms with Crippen molar-refractivity contribution in [2.75, 3.05) is 40.3 Å². The molecule has 1 unspecified atom stereocenters. The number of rotatable bonds is 3. The summed E-state index contributed by atoms with van der Waals surface area (Å²) in [5.41, 5.74) is 5.92. The molecule has 1 aliphatic carbocycles. The monoisotopic (exact) mass is 241 g/mol. The summed E-state index contributed by atoms with van der Waals surface area (Å²) in [4.78, 5) is 5.06. The Morgan fingerprint density at radius 1 is 1.18 bits per heavy atom. The fourth-order valence-electron chi connectivity index (χ4n) is 3.33. The highest BCUT2D eigenvalue weighted by Crippen LogP contribution is 2.27. The molecule has 1 saturated heterocycles. The van der Waals surface area contributed by atoms with E-state index in [0.717, 1.165) is 19.1 Å². The van der Waals surface area contributed by atoms with Crippen LogP contribution in [0.3, 0.4) is 0 Å². The van der Waals surface area contributed by atoms with Crippen LogP contribution < -0.4 is 5.73 Å². The molecule has 0 aromatic rings. The van der Waals surface area contributed by atoms with E-state index < -0.39 is 0 Å². The molecule has 0 spiro atoms. The molecule has 1 aliphatic heterocycles. The van der Waals surface area contributed by atoms with Gasteiger partial charge in [-0.05, 0) is 32.7 Å². The highest BCUT2D eigenvalue weighted by molar-refractivity contribution is 4.89. The van der Waals surface area contributed by atoms with Crippen LogP contribution in [0.4, 0.5) is 0 Å². The smallest absolute Gasteiger partial charge is 0.0572 e. The van der Waals surface area contributed by atoms with Crippen LogP contribution in [0.1, 0.15) is 25.7 Å². The summed E-state index contributed by atoms with van der Waals surface area (Å²) in [6.45, 7) is 4.27. The Morgan fingerprint density at radius 3 is 2.47 bits per heavy atom. The van der Waals surface area contributed by atoms with Crippen molar-refractivity contribution in [2.45, 2.75) is 43.9 Å². The summed E-state index contributed by atoms with van der Waals surface area (Å²) in [6, 6.07) is 1.29. The van der Waals surface area contributed by atoms with Crippen molar-refractivity contribution in [3.05, 3.63) is 0 Å². The van der Waals surface area contributed by atoms with E-state index in [-0.39, 0.29) is 0 Å². The molecule has 0 bridgehead atoms. The molecule has 1 saturated carbocycles. The van der Waals surface area contributed by atoms with E-state index in [9.17, 15) is 0 Å². The quantitative estimate of drug-likeness (QED) is 0.782. The average Bonchev–Trinajstić information content (AvgIpc) is 2.39. The summed E-state index contributed by atoms with van der Waals surface area (Å²) in [7, 11) is 4.03. The van der Waals surface area contributed by atoms with Gasteiger partial charge in [0.05, 0.1) is 6.10 Å². The largest absolute Gasteiger partial charge is 0.381 e. The van der Waals surface area contributed by atoms with Crippen LogP contribution in [0.5, 0.6) is 0 Å². The predicted molar refractivity (Wildman–Crippen MR) is 70.1 cm³/mol. The minimum absolute atomic E-state index is 0.495. The third-order valence-electron chi connectivity index (χ3n) is 4.45. The van der Waals surface area contributed by atoms with Crippen molar-refractivity contribution in [2.24, 2.45) is 5.73 Å². The van der Waals surface area contributed by atoms with Crippen LogP contribution in [0.25, 0.3) is 0 Å². The summed E-state index contributed by atoms with van der Waals surface area (Å²) < 4.78 is 5.45. The molecule has 100 valence electrons. The molecule has 2 N–H and O–H groups in total. The number of nitrogens with two attached hydrogens (primary N) is 1. The highest BCUT2D eigenvalue weighted by atomic mass is 16.5. The van der Waals surface area contributed by atoms with Crippen molar-refractivity contribution in [3.63, 3.8) is 0 Å². The molecule has 4 nitrogen and oxygen atoms in total. The third kappa shape index (κ3) is 3.19. The van der Waals surface area contributed by atoms with E-state index in [1.54, 1.807) is 0 Å². The summed E-state index contributed by atoms with van der Waals surface area (Å²) in [5, 5.41) is 0. The lowest BCUT2D eigenvalue weighted by molar-refractivity contribution is 0.00354. The molecule has 2 fully saturated rings. The number of likely N-dealkylation sites (N-methyl/N-ethyl adjacent to an activating group) is 1. The number of ether oxygens (including phenoxy) is 1. The molecule has 17 heavy (non-hydrogen) atoms. The summed E-state index contributed by atoms with van der Waals surface area (Å²) in [5.74, 6) is 0. The maximum atomic E-state index is 5.92. The van der Waals surface area contributed by atoms with Crippen LogP contribution in [0.2, 0.25) is 0 Å². The van der Waals surface area contributed by atoms with E-state index in [4.69, 9.17) is 10.5 Å². The van der Waals surface area contributed by atoms with E-state index in [1.165, 1.54) is 38.8 Å². The lowest BCUT2D eigenvalue weighted by atomic mass is 9.90. The number of nitrogens with zero attached hydrogens (tertiary/aromatic N) is 2. The van der Waals surface area contributed by atoms with Gasteiger partial charge >= 0.3 is 0 Å². The topological polar surface area (TPSA) is 41.7 Å². The Bertz CT molecular complexity index is 229. The second-order valence-corrected chi connectivity index (χ2v) is 5.56. The van der Waals surface area contributed by atoms with E-state index in [0.29, 0.717) is 12.1 Å². The molecule has 0 aromatic heterocycles. The first kappa shape index (κ1) is 13.3. The summed E-state index contributed by atoms with van der Waals surface area (Å²) >= 11 is 0. The van der Waals surface area contributed by atoms with Crippen molar-refractivity contribution >= 4 is 0 Å². The summed E-state index contributed by atoms with van der Waals surface area (Å²) in [6.07, 6.45) is 5.47. The average molecular weight is 241 g/mol. The zero-order chi connectivity index (χ0) is 12.3. The second kappa shape index (κ2) is 6.14. The molecule has 0 amide bonds. The SMILES string of the molecule is COC1CCC(N2CCN(C)CC2CN)CC1. The lowest BCUT2D eigenvalue weighted by Gasteiger charge is -2.45. The van der Waals surface area contributed by atoms with Crippen molar-refractivity contribution in [3.8, 4) is 0 Å². The van der Waals surface area contributed by atoms with Gasteiger partial charge in [-0.25, -0.2) is 0 Å². The normalized spacial score (nSPS) is 37.2. The van der Waals surface area contributed by atoms with Gasteiger partial charge < -0.3 is 15.4 Å². The van der Waals surface area contributed by atoms with Crippen molar-refractivity contribution < 1.29 is 4.74 Å².